The van der Waals surface area contributed by atoms with Crippen molar-refractivity contribution in [1.29, 1.82) is 0 Å². The van der Waals surface area contributed by atoms with E-state index >= 15 is 0 Å². The molecule has 33 heavy (non-hydrogen) atoms. The summed E-state index contributed by atoms with van der Waals surface area (Å²) in [5.74, 6) is -0.849. The number of aliphatic hydroxyl groups is 2. The van der Waals surface area contributed by atoms with Crippen LogP contribution in [-0.4, -0.2) is 32.1 Å². The van der Waals surface area contributed by atoms with Gasteiger partial charge in [0, 0.05) is 16.3 Å². The SMILES string of the molecule is O=C1c2cc3ccc4nc5c(ccc6cc7ccccc7cc65)nc4c3cc2C=C(O)C1O. The van der Waals surface area contributed by atoms with E-state index < -0.39 is 11.9 Å². The molecule has 0 fully saturated rings. The van der Waals surface area contributed by atoms with Crippen LogP contribution in [0.4, 0.5) is 0 Å². The first-order valence-electron chi connectivity index (χ1n) is 10.7. The van der Waals surface area contributed by atoms with Gasteiger partial charge in [-0.2, -0.15) is 0 Å². The van der Waals surface area contributed by atoms with Crippen LogP contribution in [0.15, 0.2) is 78.6 Å². The molecule has 0 spiro atoms. The van der Waals surface area contributed by atoms with Crippen LogP contribution >= 0.6 is 0 Å². The van der Waals surface area contributed by atoms with Gasteiger partial charge in [-0.05, 0) is 69.6 Å². The summed E-state index contributed by atoms with van der Waals surface area (Å²) < 4.78 is 0. The van der Waals surface area contributed by atoms with Crippen molar-refractivity contribution in [2.45, 2.75) is 6.10 Å². The number of carbonyl (C=O) groups excluding carboxylic acids is 1. The Morgan fingerprint density at radius 1 is 0.697 bits per heavy atom. The first-order chi connectivity index (χ1) is 16.1. The lowest BCUT2D eigenvalue weighted by Gasteiger charge is -2.18. The van der Waals surface area contributed by atoms with Gasteiger partial charge < -0.3 is 10.2 Å². The molecule has 2 N–H and O–H groups in total. The number of carbonyl (C=O) groups is 1. The summed E-state index contributed by atoms with van der Waals surface area (Å²) in [6.07, 6.45) is -0.0734. The fourth-order valence-corrected chi connectivity index (χ4v) is 4.86. The summed E-state index contributed by atoms with van der Waals surface area (Å²) >= 11 is 0. The van der Waals surface area contributed by atoms with Gasteiger partial charge in [0.1, 0.15) is 5.76 Å². The quantitative estimate of drug-likeness (QED) is 0.240. The normalized spacial score (nSPS) is 16.1. The summed E-state index contributed by atoms with van der Waals surface area (Å²) in [5, 5.41) is 26.1. The zero-order valence-electron chi connectivity index (χ0n) is 17.3. The zero-order chi connectivity index (χ0) is 22.3. The third-order valence-corrected chi connectivity index (χ3v) is 6.54. The third-order valence-electron chi connectivity index (χ3n) is 6.54. The number of hydrogen-bond donors (Lipinski definition) is 2. The Hall–Kier alpha value is -4.35. The van der Waals surface area contributed by atoms with Gasteiger partial charge in [-0.1, -0.05) is 36.4 Å². The van der Waals surface area contributed by atoms with E-state index in [1.807, 2.05) is 36.4 Å². The summed E-state index contributed by atoms with van der Waals surface area (Å²) in [7, 11) is 0. The van der Waals surface area contributed by atoms with E-state index in [1.165, 1.54) is 11.5 Å². The molecule has 156 valence electrons. The summed E-state index contributed by atoms with van der Waals surface area (Å²) in [6.45, 7) is 0. The van der Waals surface area contributed by atoms with E-state index in [0.717, 1.165) is 49.0 Å². The van der Waals surface area contributed by atoms with E-state index in [2.05, 4.69) is 30.3 Å². The molecule has 7 rings (SSSR count). The Morgan fingerprint density at radius 3 is 2.00 bits per heavy atom. The molecule has 5 aromatic carbocycles. The van der Waals surface area contributed by atoms with Crippen LogP contribution in [0, 0.1) is 0 Å². The highest BCUT2D eigenvalue weighted by Crippen LogP contribution is 2.34. The predicted molar refractivity (Wildman–Crippen MR) is 131 cm³/mol. The van der Waals surface area contributed by atoms with Crippen molar-refractivity contribution >= 4 is 66.2 Å². The summed E-state index contributed by atoms with van der Waals surface area (Å²) in [4.78, 5) is 22.4. The second-order valence-corrected chi connectivity index (χ2v) is 8.51. The third kappa shape index (κ3) is 2.54. The molecule has 0 amide bonds. The lowest BCUT2D eigenvalue weighted by molar-refractivity contribution is 0.0731. The lowest BCUT2D eigenvalue weighted by Crippen LogP contribution is -2.26. The fourth-order valence-electron chi connectivity index (χ4n) is 4.86. The maximum Gasteiger partial charge on any atom is 0.199 e. The Bertz CT molecular complexity index is 1870. The number of benzene rings is 5. The molecular weight excluding hydrogens is 412 g/mol. The zero-order valence-corrected chi connectivity index (χ0v) is 17.3. The molecule has 1 atom stereocenters. The molecule has 1 aliphatic carbocycles. The van der Waals surface area contributed by atoms with Crippen LogP contribution < -0.4 is 0 Å². The number of Topliss-reactive ketones (excluding diaryl/α,β-unsaturated/α-hetero) is 1. The van der Waals surface area contributed by atoms with Crippen molar-refractivity contribution in [3.05, 3.63) is 89.7 Å². The molecule has 1 heterocycles. The maximum absolute atomic E-state index is 12.4. The second kappa shape index (κ2) is 6.34. The Labute approximate surface area is 187 Å². The van der Waals surface area contributed by atoms with Crippen LogP contribution in [0.25, 0.3) is 60.5 Å². The van der Waals surface area contributed by atoms with Crippen molar-refractivity contribution in [3.63, 3.8) is 0 Å². The van der Waals surface area contributed by atoms with Crippen molar-refractivity contribution in [2.24, 2.45) is 0 Å². The Morgan fingerprint density at radius 2 is 1.30 bits per heavy atom. The van der Waals surface area contributed by atoms with Crippen LogP contribution in [-0.2, 0) is 0 Å². The molecule has 0 aliphatic heterocycles. The highest BCUT2D eigenvalue weighted by atomic mass is 16.3. The first kappa shape index (κ1) is 18.2. The van der Waals surface area contributed by atoms with E-state index in [1.54, 1.807) is 6.07 Å². The number of rotatable bonds is 0. The van der Waals surface area contributed by atoms with Crippen molar-refractivity contribution in [3.8, 4) is 0 Å². The van der Waals surface area contributed by atoms with Gasteiger partial charge in [-0.3, -0.25) is 4.79 Å². The minimum Gasteiger partial charge on any atom is -0.509 e. The minimum absolute atomic E-state index is 0.345. The largest absolute Gasteiger partial charge is 0.509 e. The van der Waals surface area contributed by atoms with Crippen LogP contribution in [0.1, 0.15) is 15.9 Å². The average molecular weight is 428 g/mol. The number of aliphatic hydroxyl groups excluding tert-OH is 2. The van der Waals surface area contributed by atoms with Gasteiger partial charge in [0.2, 0.25) is 0 Å². The molecular formula is C28H16N2O3. The highest BCUT2D eigenvalue weighted by Gasteiger charge is 2.28. The van der Waals surface area contributed by atoms with Gasteiger partial charge in [0.15, 0.2) is 11.9 Å². The Balaban J connectivity index is 1.55. The predicted octanol–water partition coefficient (Wildman–Crippen LogP) is 5.70. The van der Waals surface area contributed by atoms with Crippen molar-refractivity contribution < 1.29 is 15.0 Å². The van der Waals surface area contributed by atoms with Gasteiger partial charge in [0.25, 0.3) is 0 Å². The van der Waals surface area contributed by atoms with Gasteiger partial charge in [-0.15, -0.1) is 0 Å². The molecule has 1 unspecified atom stereocenters. The van der Waals surface area contributed by atoms with Crippen molar-refractivity contribution in [1.82, 2.24) is 9.97 Å². The number of aromatic nitrogens is 2. The maximum atomic E-state index is 12.4. The summed E-state index contributed by atoms with van der Waals surface area (Å²) in [6, 6.07) is 24.1. The highest BCUT2D eigenvalue weighted by molar-refractivity contribution is 6.15. The molecule has 0 saturated heterocycles. The molecule has 0 bridgehead atoms. The average Bonchev–Trinajstić information content (AvgIpc) is 2.84. The topological polar surface area (TPSA) is 83.3 Å². The molecule has 6 aromatic rings. The van der Waals surface area contributed by atoms with E-state index in [-0.39, 0.29) is 5.76 Å². The van der Waals surface area contributed by atoms with E-state index in [9.17, 15) is 15.0 Å². The fraction of sp³-hybridized carbons (Fsp3) is 0.0357. The number of fused-ring (bicyclic) bond motifs is 8. The standard InChI is InChI=1S/C28H16N2O3/c31-24-13-18-12-20-17(11-21(18)27(32)28(24)33)6-8-23-26(20)30-22-7-5-16-9-14-3-1-2-4-15(14)10-19(16)25(22)29-23/h1-13,28,31,33H. The smallest absolute Gasteiger partial charge is 0.199 e. The van der Waals surface area contributed by atoms with Crippen LogP contribution in [0.5, 0.6) is 0 Å². The molecule has 0 radical (unpaired) electrons. The second-order valence-electron chi connectivity index (χ2n) is 8.51. The Kier molecular flexibility index (Phi) is 3.51. The van der Waals surface area contributed by atoms with Crippen LogP contribution in [0.2, 0.25) is 0 Å². The van der Waals surface area contributed by atoms with Crippen LogP contribution in [0.3, 0.4) is 0 Å². The minimum atomic E-state index is -1.51. The molecule has 5 heteroatoms. The van der Waals surface area contributed by atoms with Gasteiger partial charge in [0.05, 0.1) is 22.1 Å². The molecule has 5 nitrogen and oxygen atoms in total. The summed E-state index contributed by atoms with van der Waals surface area (Å²) in [5.41, 5.74) is 4.08. The van der Waals surface area contributed by atoms with Crippen molar-refractivity contribution in [2.75, 3.05) is 0 Å². The van der Waals surface area contributed by atoms with E-state index in [0.29, 0.717) is 11.1 Å². The van der Waals surface area contributed by atoms with E-state index in [4.69, 9.17) is 9.97 Å². The number of nitrogens with zero attached hydrogens (tertiary/aromatic N) is 2. The number of ketones is 1. The molecule has 1 aromatic heterocycles. The molecule has 1 aliphatic rings. The van der Waals surface area contributed by atoms with Gasteiger partial charge >= 0.3 is 0 Å². The molecule has 0 saturated carbocycles. The monoisotopic (exact) mass is 428 g/mol. The van der Waals surface area contributed by atoms with Gasteiger partial charge in [-0.25, -0.2) is 9.97 Å². The lowest BCUT2D eigenvalue weighted by atomic mass is 9.90. The number of hydrogen-bond acceptors (Lipinski definition) is 5. The first-order valence-corrected chi connectivity index (χ1v) is 10.7.